The van der Waals surface area contributed by atoms with Gasteiger partial charge in [-0.25, -0.2) is 4.79 Å². The molecule has 0 radical (unpaired) electrons. The number of nitrogens with zero attached hydrogens (tertiary/aromatic N) is 3. The van der Waals surface area contributed by atoms with Crippen LogP contribution in [0.15, 0.2) is 18.2 Å². The van der Waals surface area contributed by atoms with Crippen molar-refractivity contribution in [1.82, 2.24) is 9.80 Å². The highest BCUT2D eigenvalue weighted by molar-refractivity contribution is 6.62. The molecule has 1 spiro atoms. The fourth-order valence-electron chi connectivity index (χ4n) is 8.14. The maximum atomic E-state index is 14.6. The predicted octanol–water partition coefficient (Wildman–Crippen LogP) is 4.47. The minimum absolute atomic E-state index is 0.205. The normalized spacial score (nSPS) is 32.9. The van der Waals surface area contributed by atoms with Gasteiger partial charge >= 0.3 is 13.2 Å². The Bertz CT molecular complexity index is 1250. The zero-order valence-corrected chi connectivity index (χ0v) is 26.6. The number of likely N-dealkylation sites (tertiary alicyclic amines) is 2. The molecule has 1 aromatic rings. The summed E-state index contributed by atoms with van der Waals surface area (Å²) < 4.78 is 18.5. The first kappa shape index (κ1) is 28.7. The summed E-state index contributed by atoms with van der Waals surface area (Å²) in [7, 11) is -0.475. The van der Waals surface area contributed by atoms with Gasteiger partial charge in [0.25, 0.3) is 0 Å². The summed E-state index contributed by atoms with van der Waals surface area (Å²) in [4.78, 5) is 34.0. The monoisotopic (exact) mass is 577 g/mol. The van der Waals surface area contributed by atoms with Gasteiger partial charge in [-0.05, 0) is 116 Å². The molecule has 2 aliphatic carbocycles. The van der Waals surface area contributed by atoms with Crippen LogP contribution in [0.2, 0.25) is 0 Å². The van der Waals surface area contributed by atoms with Crippen LogP contribution >= 0.6 is 0 Å². The van der Waals surface area contributed by atoms with Crippen LogP contribution in [0.3, 0.4) is 0 Å². The molecule has 42 heavy (non-hydrogen) atoms. The number of benzene rings is 1. The van der Waals surface area contributed by atoms with Crippen molar-refractivity contribution in [3.05, 3.63) is 23.8 Å². The molecule has 0 aromatic heterocycles. The van der Waals surface area contributed by atoms with Gasteiger partial charge in [-0.3, -0.25) is 9.69 Å². The van der Waals surface area contributed by atoms with Crippen molar-refractivity contribution in [2.75, 3.05) is 31.1 Å². The maximum Gasteiger partial charge on any atom is 0.494 e. The first-order valence-corrected chi connectivity index (χ1v) is 16.2. The molecule has 0 N–H and O–H groups in total. The van der Waals surface area contributed by atoms with Crippen molar-refractivity contribution in [2.24, 2.45) is 11.8 Å². The Balaban J connectivity index is 1.15. The Kier molecular flexibility index (Phi) is 6.45. The van der Waals surface area contributed by atoms with E-state index in [-0.39, 0.29) is 18.0 Å². The molecule has 4 aliphatic heterocycles. The fourth-order valence-corrected chi connectivity index (χ4v) is 8.14. The first-order chi connectivity index (χ1) is 19.7. The fraction of sp³-hybridized carbons (Fsp3) is 0.758. The number of hydrogen-bond donors (Lipinski definition) is 0. The van der Waals surface area contributed by atoms with E-state index in [0.717, 1.165) is 41.4 Å². The molecule has 2 amide bonds. The number of piperidine rings is 1. The van der Waals surface area contributed by atoms with E-state index in [1.807, 2.05) is 20.8 Å². The molecule has 9 heteroatoms. The molecule has 5 fully saturated rings. The Morgan fingerprint density at radius 2 is 1.55 bits per heavy atom. The van der Waals surface area contributed by atoms with Crippen LogP contribution in [0.25, 0.3) is 0 Å². The summed E-state index contributed by atoms with van der Waals surface area (Å²) in [5.74, 6) is 2.01. The molecular formula is C33H48BN3O5. The topological polar surface area (TPSA) is 71.6 Å². The molecule has 6 aliphatic rings. The van der Waals surface area contributed by atoms with E-state index in [9.17, 15) is 9.59 Å². The van der Waals surface area contributed by atoms with E-state index in [1.54, 1.807) is 4.90 Å². The molecule has 3 saturated heterocycles. The number of amides is 2. The van der Waals surface area contributed by atoms with Crippen molar-refractivity contribution in [3.63, 3.8) is 0 Å². The number of carbonyl (C=O) groups excluding carboxylic acids is 2. The first-order valence-electron chi connectivity index (χ1n) is 16.2. The van der Waals surface area contributed by atoms with E-state index < -0.39 is 29.3 Å². The molecule has 0 unspecified atom stereocenters. The van der Waals surface area contributed by atoms with Gasteiger partial charge in [0.2, 0.25) is 5.91 Å². The van der Waals surface area contributed by atoms with Crippen LogP contribution < -0.4 is 10.4 Å². The molecule has 228 valence electrons. The zero-order chi connectivity index (χ0) is 29.8. The molecule has 1 aromatic carbocycles. The lowest BCUT2D eigenvalue weighted by Gasteiger charge is -2.46. The average molecular weight is 578 g/mol. The molecule has 2 saturated carbocycles. The van der Waals surface area contributed by atoms with E-state index >= 15 is 0 Å². The van der Waals surface area contributed by atoms with Crippen molar-refractivity contribution in [3.8, 4) is 0 Å². The van der Waals surface area contributed by atoms with Crippen molar-refractivity contribution >= 4 is 30.3 Å². The number of anilines is 1. The average Bonchev–Trinajstić information content (AvgIpc) is 3.37. The van der Waals surface area contributed by atoms with Gasteiger partial charge in [0.1, 0.15) is 5.60 Å². The summed E-state index contributed by atoms with van der Waals surface area (Å²) in [6.45, 7) is 17.5. The highest BCUT2D eigenvalue weighted by Crippen LogP contribution is 2.52. The van der Waals surface area contributed by atoms with Crippen molar-refractivity contribution in [1.29, 1.82) is 0 Å². The van der Waals surface area contributed by atoms with Crippen molar-refractivity contribution < 1.29 is 23.6 Å². The molecule has 7 rings (SSSR count). The summed E-state index contributed by atoms with van der Waals surface area (Å²) in [6.07, 6.45) is 5.76. The highest BCUT2D eigenvalue weighted by Gasteiger charge is 2.58. The third-order valence-electron chi connectivity index (χ3n) is 11.7. The van der Waals surface area contributed by atoms with Gasteiger partial charge in [-0.15, -0.1) is 0 Å². The standard InChI is InChI=1S/C33H48BN3O5/c1-30(2,3)40-29(39)35-14-12-33(13-15-35)26-11-10-23(34-41-31(4,5)32(6,7)42-34)16-27(26)37(28(33)38)25-17-24(18-25)36-19-21-8-9-22(21)20-36/h10-11,16,21-22,24-25H,8-9,12-15,17-20H2,1-7H3/t21-,22+,24?,25?. The third kappa shape index (κ3) is 4.43. The second-order valence-corrected chi connectivity index (χ2v) is 15.9. The van der Waals surface area contributed by atoms with E-state index in [2.05, 4.69) is 55.7 Å². The third-order valence-corrected chi connectivity index (χ3v) is 11.7. The number of ether oxygens (including phenoxy) is 1. The van der Waals surface area contributed by atoms with Crippen LogP contribution in [0.4, 0.5) is 10.5 Å². The van der Waals surface area contributed by atoms with Gasteiger partial charge in [0.15, 0.2) is 0 Å². The second-order valence-electron chi connectivity index (χ2n) is 15.9. The number of rotatable bonds is 3. The summed E-state index contributed by atoms with van der Waals surface area (Å²) in [5.41, 5.74) is 1.05. The zero-order valence-electron chi connectivity index (χ0n) is 26.6. The molecule has 4 heterocycles. The van der Waals surface area contributed by atoms with Crippen molar-refractivity contribution in [2.45, 2.75) is 121 Å². The highest BCUT2D eigenvalue weighted by atomic mass is 16.7. The maximum absolute atomic E-state index is 14.6. The van der Waals surface area contributed by atoms with E-state index in [0.29, 0.717) is 32.0 Å². The minimum Gasteiger partial charge on any atom is -0.444 e. The SMILES string of the molecule is CC(C)(C)OC(=O)N1CCC2(CC1)C(=O)N(C1CC(N3C[C@H]4CC[C@H]4C3)C1)c1cc(B3OC(C)(C)C(C)(C)O3)ccc12. The Hall–Kier alpha value is -2.10. The van der Waals surface area contributed by atoms with Crippen LogP contribution in [0.5, 0.6) is 0 Å². The van der Waals surface area contributed by atoms with Gasteiger partial charge in [-0.2, -0.15) is 0 Å². The van der Waals surface area contributed by atoms with Crippen LogP contribution in [0.1, 0.15) is 92.6 Å². The molecular weight excluding hydrogens is 529 g/mol. The Morgan fingerprint density at radius 3 is 2.10 bits per heavy atom. The molecule has 2 atom stereocenters. The smallest absolute Gasteiger partial charge is 0.444 e. The van der Waals surface area contributed by atoms with Gasteiger partial charge in [-0.1, -0.05) is 12.1 Å². The number of hydrogen-bond acceptors (Lipinski definition) is 6. The summed E-state index contributed by atoms with van der Waals surface area (Å²) in [6, 6.07) is 7.17. The predicted molar refractivity (Wildman–Crippen MR) is 163 cm³/mol. The lowest BCUT2D eigenvalue weighted by Crippen LogP contribution is -2.57. The van der Waals surface area contributed by atoms with E-state index in [4.69, 9.17) is 14.0 Å². The Morgan fingerprint density at radius 1 is 0.952 bits per heavy atom. The quantitative estimate of drug-likeness (QED) is 0.494. The molecule has 0 bridgehead atoms. The summed E-state index contributed by atoms with van der Waals surface area (Å²) >= 11 is 0. The van der Waals surface area contributed by atoms with Gasteiger partial charge < -0.3 is 23.8 Å². The minimum atomic E-state index is -0.611. The van der Waals surface area contributed by atoms with Gasteiger partial charge in [0.05, 0.1) is 16.6 Å². The lowest BCUT2D eigenvalue weighted by atomic mass is 9.71. The number of carbonyl (C=O) groups is 2. The number of fused-ring (bicyclic) bond motifs is 3. The summed E-state index contributed by atoms with van der Waals surface area (Å²) in [5, 5.41) is 0. The lowest BCUT2D eigenvalue weighted by molar-refractivity contribution is -0.126. The van der Waals surface area contributed by atoms with E-state index in [1.165, 1.54) is 25.9 Å². The van der Waals surface area contributed by atoms with Gasteiger partial charge in [0, 0.05) is 44.0 Å². The molecule has 8 nitrogen and oxygen atoms in total. The second kappa shape index (κ2) is 9.45. The van der Waals surface area contributed by atoms with Crippen LogP contribution in [-0.2, 0) is 24.3 Å². The van der Waals surface area contributed by atoms with Crippen LogP contribution in [-0.4, -0.2) is 84.0 Å². The van der Waals surface area contributed by atoms with Crippen LogP contribution in [0, 0.1) is 11.8 Å². The Labute approximate surface area is 251 Å². The largest absolute Gasteiger partial charge is 0.494 e.